The molecule has 0 amide bonds. The van der Waals surface area contributed by atoms with Crippen molar-refractivity contribution in [2.45, 2.75) is 32.9 Å². The smallest absolute Gasteiger partial charge is 0.297 e. The molecule has 0 unspecified atom stereocenters. The van der Waals surface area contributed by atoms with Crippen molar-refractivity contribution in [3.05, 3.63) is 52.1 Å². The van der Waals surface area contributed by atoms with E-state index in [1.165, 1.54) is 29.1 Å². The van der Waals surface area contributed by atoms with Gasteiger partial charge >= 0.3 is 0 Å². The number of para-hydroxylation sites is 1. The van der Waals surface area contributed by atoms with Crippen LogP contribution >= 0.6 is 0 Å². The van der Waals surface area contributed by atoms with E-state index in [1.54, 1.807) is 6.07 Å². The normalized spacial score (nSPS) is 11.6. The molecule has 1 aromatic heterocycles. The second kappa shape index (κ2) is 5.61. The van der Waals surface area contributed by atoms with E-state index in [4.69, 9.17) is 0 Å². The largest absolute Gasteiger partial charge is 0.306 e. The van der Waals surface area contributed by atoms with Crippen molar-refractivity contribution in [3.63, 3.8) is 0 Å². The van der Waals surface area contributed by atoms with E-state index in [0.29, 0.717) is 12.2 Å². The maximum atomic E-state index is 13.9. The van der Waals surface area contributed by atoms with E-state index < -0.39 is 10.7 Å². The zero-order valence-corrected chi connectivity index (χ0v) is 12.1. The average Bonchev–Trinajstić information content (AvgIpc) is 2.83. The van der Waals surface area contributed by atoms with Crippen molar-refractivity contribution >= 4 is 5.69 Å². The summed E-state index contributed by atoms with van der Waals surface area (Å²) in [5, 5.41) is 18.4. The molecule has 7 heteroatoms. The molecule has 0 fully saturated rings. The summed E-state index contributed by atoms with van der Waals surface area (Å²) >= 11 is 0. The van der Waals surface area contributed by atoms with Crippen LogP contribution in [0, 0.1) is 15.9 Å². The molecule has 0 atom stereocenters. The number of aromatic nitrogens is 2. The molecule has 1 aromatic carbocycles. The molecule has 21 heavy (non-hydrogen) atoms. The minimum absolute atomic E-state index is 0.0756. The second-order valence-corrected chi connectivity index (χ2v) is 5.72. The Morgan fingerprint density at radius 2 is 2.10 bits per heavy atom. The van der Waals surface area contributed by atoms with Gasteiger partial charge in [0.2, 0.25) is 0 Å². The maximum absolute atomic E-state index is 13.9. The van der Waals surface area contributed by atoms with E-state index in [1.807, 2.05) is 20.8 Å². The highest BCUT2D eigenvalue weighted by molar-refractivity contribution is 5.52. The quantitative estimate of drug-likeness (QED) is 0.694. The summed E-state index contributed by atoms with van der Waals surface area (Å²) in [7, 11) is 0. The lowest BCUT2D eigenvalue weighted by atomic mass is 10.1. The van der Waals surface area contributed by atoms with Crippen LogP contribution in [0.5, 0.6) is 0 Å². The topological polar surface area (TPSA) is 73.0 Å². The molecule has 0 saturated carbocycles. The lowest BCUT2D eigenvalue weighted by Gasteiger charge is -2.19. The van der Waals surface area contributed by atoms with Gasteiger partial charge < -0.3 is 5.32 Å². The van der Waals surface area contributed by atoms with Crippen LogP contribution in [0.25, 0.3) is 5.69 Å². The summed E-state index contributed by atoms with van der Waals surface area (Å²) in [5.74, 6) is -0.678. The van der Waals surface area contributed by atoms with Crippen LogP contribution in [0.3, 0.4) is 0 Å². The molecule has 0 radical (unpaired) electrons. The highest BCUT2D eigenvalue weighted by Gasteiger charge is 2.20. The van der Waals surface area contributed by atoms with Crippen LogP contribution in [0.2, 0.25) is 0 Å². The SMILES string of the molecule is CC(C)(C)NCc1ccn(-c2c(F)cccc2[N+](=O)[O-])n1. The van der Waals surface area contributed by atoms with Crippen molar-refractivity contribution in [1.29, 1.82) is 0 Å². The predicted octanol–water partition coefficient (Wildman–Crippen LogP) is 2.81. The van der Waals surface area contributed by atoms with Crippen LogP contribution < -0.4 is 5.32 Å². The summed E-state index contributed by atoms with van der Waals surface area (Å²) in [5.41, 5.74) is 0.147. The van der Waals surface area contributed by atoms with Crippen molar-refractivity contribution in [2.24, 2.45) is 0 Å². The Morgan fingerprint density at radius 3 is 2.71 bits per heavy atom. The highest BCUT2D eigenvalue weighted by atomic mass is 19.1. The van der Waals surface area contributed by atoms with Gasteiger partial charge in [0.25, 0.3) is 5.69 Å². The fourth-order valence-electron chi connectivity index (χ4n) is 1.81. The number of benzene rings is 1. The summed E-state index contributed by atoms with van der Waals surface area (Å²) in [4.78, 5) is 10.4. The molecule has 0 bridgehead atoms. The number of hydrogen-bond acceptors (Lipinski definition) is 4. The molecular weight excluding hydrogens is 275 g/mol. The molecule has 112 valence electrons. The standard InChI is InChI=1S/C14H17FN4O2/c1-14(2,3)16-9-10-7-8-18(17-10)13-11(15)5-4-6-12(13)19(20)21/h4-8,16H,9H2,1-3H3. The molecule has 0 aliphatic heterocycles. The maximum Gasteiger partial charge on any atom is 0.297 e. The number of nitro benzene ring substituents is 1. The van der Waals surface area contributed by atoms with Gasteiger partial charge in [-0.15, -0.1) is 0 Å². The fourth-order valence-corrected chi connectivity index (χ4v) is 1.81. The monoisotopic (exact) mass is 292 g/mol. The van der Waals surface area contributed by atoms with E-state index in [0.717, 1.165) is 0 Å². The van der Waals surface area contributed by atoms with Gasteiger partial charge in [0, 0.05) is 24.3 Å². The van der Waals surface area contributed by atoms with E-state index in [9.17, 15) is 14.5 Å². The molecule has 6 nitrogen and oxygen atoms in total. The first-order valence-corrected chi connectivity index (χ1v) is 6.51. The Bertz CT molecular complexity index is 661. The van der Waals surface area contributed by atoms with Gasteiger partial charge in [-0.1, -0.05) is 6.07 Å². The number of rotatable bonds is 4. The minimum atomic E-state index is -0.678. The van der Waals surface area contributed by atoms with Gasteiger partial charge in [0.05, 0.1) is 10.6 Å². The third kappa shape index (κ3) is 3.63. The highest BCUT2D eigenvalue weighted by Crippen LogP contribution is 2.25. The zero-order valence-electron chi connectivity index (χ0n) is 12.1. The first-order chi connectivity index (χ1) is 9.78. The summed E-state index contributed by atoms with van der Waals surface area (Å²) in [6.45, 7) is 6.56. The third-order valence-corrected chi connectivity index (χ3v) is 2.84. The van der Waals surface area contributed by atoms with Crippen molar-refractivity contribution in [2.75, 3.05) is 0 Å². The molecular formula is C14H17FN4O2. The van der Waals surface area contributed by atoms with Crippen molar-refractivity contribution in [3.8, 4) is 5.69 Å². The summed E-state index contributed by atoms with van der Waals surface area (Å²) in [6.07, 6.45) is 1.52. The first kappa shape index (κ1) is 15.1. The number of nitrogens with one attached hydrogen (secondary N) is 1. The Hall–Kier alpha value is -2.28. The Kier molecular flexibility index (Phi) is 4.04. The second-order valence-electron chi connectivity index (χ2n) is 5.72. The van der Waals surface area contributed by atoms with Gasteiger partial charge in [-0.25, -0.2) is 9.07 Å². The number of nitrogens with zero attached hydrogens (tertiary/aromatic N) is 3. The van der Waals surface area contributed by atoms with Gasteiger partial charge in [-0.3, -0.25) is 10.1 Å². The first-order valence-electron chi connectivity index (χ1n) is 6.51. The van der Waals surface area contributed by atoms with E-state index >= 15 is 0 Å². The number of hydrogen-bond donors (Lipinski definition) is 1. The van der Waals surface area contributed by atoms with E-state index in [-0.39, 0.29) is 16.9 Å². The average molecular weight is 292 g/mol. The van der Waals surface area contributed by atoms with Crippen molar-refractivity contribution in [1.82, 2.24) is 15.1 Å². The third-order valence-electron chi connectivity index (χ3n) is 2.84. The van der Waals surface area contributed by atoms with Gasteiger partial charge in [0.1, 0.15) is 0 Å². The minimum Gasteiger partial charge on any atom is -0.306 e. The molecule has 0 aliphatic rings. The fraction of sp³-hybridized carbons (Fsp3) is 0.357. The molecule has 2 aromatic rings. The van der Waals surface area contributed by atoms with Crippen LogP contribution in [0.15, 0.2) is 30.5 Å². The molecule has 2 rings (SSSR count). The van der Waals surface area contributed by atoms with Gasteiger partial charge in [-0.05, 0) is 32.9 Å². The number of halogens is 1. The lowest BCUT2D eigenvalue weighted by Crippen LogP contribution is -2.35. The summed E-state index contributed by atoms with van der Waals surface area (Å²) < 4.78 is 15.1. The number of nitro groups is 1. The van der Waals surface area contributed by atoms with Crippen molar-refractivity contribution < 1.29 is 9.31 Å². The molecule has 0 saturated heterocycles. The molecule has 0 aliphatic carbocycles. The van der Waals surface area contributed by atoms with Crippen LogP contribution in [-0.2, 0) is 6.54 Å². The lowest BCUT2D eigenvalue weighted by molar-refractivity contribution is -0.384. The molecule has 1 heterocycles. The van der Waals surface area contributed by atoms with Crippen LogP contribution in [0.4, 0.5) is 10.1 Å². The predicted molar refractivity (Wildman–Crippen MR) is 76.8 cm³/mol. The van der Waals surface area contributed by atoms with E-state index in [2.05, 4.69) is 10.4 Å². The van der Waals surface area contributed by atoms with Gasteiger partial charge in [0.15, 0.2) is 11.5 Å². The Labute approximate surface area is 121 Å². The Balaban J connectivity index is 2.32. The molecule has 0 spiro atoms. The zero-order chi connectivity index (χ0) is 15.6. The van der Waals surface area contributed by atoms with Crippen LogP contribution in [0.1, 0.15) is 26.5 Å². The Morgan fingerprint density at radius 1 is 1.38 bits per heavy atom. The van der Waals surface area contributed by atoms with Crippen LogP contribution in [-0.4, -0.2) is 20.2 Å². The van der Waals surface area contributed by atoms with Gasteiger partial charge in [-0.2, -0.15) is 5.10 Å². The summed E-state index contributed by atoms with van der Waals surface area (Å²) in [6, 6.07) is 5.45. The molecule has 1 N–H and O–H groups in total.